The number of nitrogens with one attached hydrogen (secondary N) is 1. The molecule has 0 radical (unpaired) electrons. The molecule has 2 aromatic carbocycles. The van der Waals surface area contributed by atoms with Crippen molar-refractivity contribution in [1.29, 1.82) is 0 Å². The molecule has 1 N–H and O–H groups in total. The number of halogens is 1. The van der Waals surface area contributed by atoms with E-state index in [0.717, 1.165) is 12.0 Å². The number of rotatable bonds is 7. The maximum Gasteiger partial charge on any atom is 0.262 e. The number of carbonyl (C=O) groups excluding carboxylic acids is 1. The highest BCUT2D eigenvalue weighted by molar-refractivity contribution is 8.00. The number of thioether (sulfide) groups is 1. The van der Waals surface area contributed by atoms with Crippen LogP contribution in [0.1, 0.15) is 38.8 Å². The first-order valence-electron chi connectivity index (χ1n) is 9.62. The molecule has 1 amide bonds. The van der Waals surface area contributed by atoms with E-state index in [-0.39, 0.29) is 23.3 Å². The third-order valence-electron chi connectivity index (χ3n) is 4.65. The molecule has 3 aromatic rings. The number of amides is 1. The molecule has 0 saturated heterocycles. The molecule has 0 bridgehead atoms. The monoisotopic (exact) mass is 413 g/mol. The lowest BCUT2D eigenvalue weighted by atomic mass is 10.1. The number of carbonyl (C=O) groups is 1. The van der Waals surface area contributed by atoms with Crippen LogP contribution in [0.3, 0.4) is 0 Å². The number of aromatic nitrogens is 2. The maximum absolute atomic E-state index is 13.1. The molecule has 0 saturated carbocycles. The Bertz CT molecular complexity index is 1070. The van der Waals surface area contributed by atoms with Gasteiger partial charge in [0, 0.05) is 6.54 Å². The predicted octanol–water partition coefficient (Wildman–Crippen LogP) is 4.30. The molecule has 7 heteroatoms. The van der Waals surface area contributed by atoms with Crippen molar-refractivity contribution in [1.82, 2.24) is 14.9 Å². The van der Waals surface area contributed by atoms with Gasteiger partial charge in [-0.25, -0.2) is 9.37 Å². The Balaban J connectivity index is 1.80. The zero-order chi connectivity index (χ0) is 21.0. The van der Waals surface area contributed by atoms with Gasteiger partial charge in [-0.2, -0.15) is 0 Å². The predicted molar refractivity (Wildman–Crippen MR) is 115 cm³/mol. The van der Waals surface area contributed by atoms with Gasteiger partial charge in [0.25, 0.3) is 5.56 Å². The van der Waals surface area contributed by atoms with E-state index in [9.17, 15) is 14.0 Å². The van der Waals surface area contributed by atoms with Gasteiger partial charge in [-0.05, 0) is 50.1 Å². The first-order valence-corrected chi connectivity index (χ1v) is 10.5. The first-order chi connectivity index (χ1) is 13.9. The van der Waals surface area contributed by atoms with E-state index >= 15 is 0 Å². The van der Waals surface area contributed by atoms with E-state index in [4.69, 9.17) is 0 Å². The van der Waals surface area contributed by atoms with Crippen LogP contribution in [0.25, 0.3) is 10.9 Å². The molecule has 0 spiro atoms. The molecule has 5 nitrogen and oxygen atoms in total. The molecular formula is C22H24FN3O2S. The Morgan fingerprint density at radius 1 is 1.17 bits per heavy atom. The summed E-state index contributed by atoms with van der Waals surface area (Å²) in [6.45, 7) is 6.18. The highest BCUT2D eigenvalue weighted by atomic mass is 32.2. The Labute approximate surface area is 173 Å². The van der Waals surface area contributed by atoms with Crippen molar-refractivity contribution in [3.05, 3.63) is 70.3 Å². The standard InChI is InChI=1S/C22H24FN3O2S/c1-4-13-26-21(28)18-7-5-6-8-19(18)25-22(26)29-15(3)20(27)24-14(2)16-9-11-17(23)12-10-16/h5-12,14-15H,4,13H2,1-3H3,(H,24,27)/t14-,15-/m1/s1. The molecule has 0 aliphatic carbocycles. The fourth-order valence-corrected chi connectivity index (χ4v) is 3.98. The normalized spacial score (nSPS) is 13.2. The summed E-state index contributed by atoms with van der Waals surface area (Å²) in [6.07, 6.45) is 0.787. The van der Waals surface area contributed by atoms with Crippen molar-refractivity contribution in [3.8, 4) is 0 Å². The van der Waals surface area contributed by atoms with E-state index in [2.05, 4.69) is 10.3 Å². The number of nitrogens with zero attached hydrogens (tertiary/aromatic N) is 2. The second kappa shape index (κ2) is 9.22. The van der Waals surface area contributed by atoms with Gasteiger partial charge in [0.05, 0.1) is 22.2 Å². The molecule has 0 fully saturated rings. The second-order valence-corrected chi connectivity index (χ2v) is 8.22. The van der Waals surface area contributed by atoms with Crippen molar-refractivity contribution in [2.45, 2.75) is 50.2 Å². The van der Waals surface area contributed by atoms with E-state index < -0.39 is 5.25 Å². The van der Waals surface area contributed by atoms with Crippen LogP contribution in [0, 0.1) is 5.82 Å². The zero-order valence-corrected chi connectivity index (χ0v) is 17.5. The summed E-state index contributed by atoms with van der Waals surface area (Å²) in [6, 6.07) is 13.0. The highest BCUT2D eigenvalue weighted by Gasteiger charge is 2.21. The minimum atomic E-state index is -0.450. The average molecular weight is 414 g/mol. The van der Waals surface area contributed by atoms with Gasteiger partial charge in [0.2, 0.25) is 5.91 Å². The third kappa shape index (κ3) is 4.85. The fourth-order valence-electron chi connectivity index (χ4n) is 3.04. The van der Waals surface area contributed by atoms with Crippen LogP contribution in [0.2, 0.25) is 0 Å². The van der Waals surface area contributed by atoms with Crippen LogP contribution < -0.4 is 10.9 Å². The van der Waals surface area contributed by atoms with Crippen LogP contribution in [-0.4, -0.2) is 20.7 Å². The summed E-state index contributed by atoms with van der Waals surface area (Å²) in [7, 11) is 0. The summed E-state index contributed by atoms with van der Waals surface area (Å²) in [5.41, 5.74) is 1.36. The number of hydrogen-bond donors (Lipinski definition) is 1. The summed E-state index contributed by atoms with van der Waals surface area (Å²) in [5.74, 6) is -0.482. The molecule has 29 heavy (non-hydrogen) atoms. The first kappa shape index (κ1) is 21.0. The maximum atomic E-state index is 13.1. The summed E-state index contributed by atoms with van der Waals surface area (Å²) in [5, 5.41) is 3.60. The molecule has 1 heterocycles. The summed E-state index contributed by atoms with van der Waals surface area (Å²) >= 11 is 1.27. The highest BCUT2D eigenvalue weighted by Crippen LogP contribution is 2.24. The molecule has 2 atom stereocenters. The minimum Gasteiger partial charge on any atom is -0.349 e. The number of benzene rings is 2. The van der Waals surface area contributed by atoms with Crippen molar-refractivity contribution in [3.63, 3.8) is 0 Å². The lowest BCUT2D eigenvalue weighted by molar-refractivity contribution is -0.120. The Hall–Kier alpha value is -2.67. The largest absolute Gasteiger partial charge is 0.349 e. The van der Waals surface area contributed by atoms with Gasteiger partial charge in [-0.15, -0.1) is 0 Å². The third-order valence-corrected chi connectivity index (χ3v) is 5.74. The van der Waals surface area contributed by atoms with Gasteiger partial charge in [0.1, 0.15) is 5.82 Å². The molecule has 0 aliphatic heterocycles. The summed E-state index contributed by atoms with van der Waals surface area (Å²) < 4.78 is 14.7. The Morgan fingerprint density at radius 3 is 2.55 bits per heavy atom. The minimum absolute atomic E-state index is 0.0905. The van der Waals surface area contributed by atoms with Crippen molar-refractivity contribution >= 4 is 28.6 Å². The van der Waals surface area contributed by atoms with E-state index in [1.807, 2.05) is 26.0 Å². The van der Waals surface area contributed by atoms with Crippen LogP contribution in [0.15, 0.2) is 58.5 Å². The van der Waals surface area contributed by atoms with Crippen LogP contribution in [0.4, 0.5) is 4.39 Å². The molecule has 3 rings (SSSR count). The molecule has 0 unspecified atom stereocenters. The van der Waals surface area contributed by atoms with E-state index in [1.165, 1.54) is 23.9 Å². The lowest BCUT2D eigenvalue weighted by Gasteiger charge is -2.19. The van der Waals surface area contributed by atoms with Crippen molar-refractivity contribution < 1.29 is 9.18 Å². The number of para-hydroxylation sites is 1. The second-order valence-electron chi connectivity index (χ2n) is 6.91. The SMILES string of the molecule is CCCn1c(S[C@H](C)C(=O)N[C@H](C)c2ccc(F)cc2)nc2ccccc2c1=O. The molecule has 152 valence electrons. The van der Waals surface area contributed by atoms with Crippen LogP contribution >= 0.6 is 11.8 Å². The van der Waals surface area contributed by atoms with E-state index in [1.54, 1.807) is 35.8 Å². The molecule has 1 aromatic heterocycles. The zero-order valence-electron chi connectivity index (χ0n) is 16.7. The van der Waals surface area contributed by atoms with Crippen LogP contribution in [0.5, 0.6) is 0 Å². The lowest BCUT2D eigenvalue weighted by Crippen LogP contribution is -2.34. The number of hydrogen-bond acceptors (Lipinski definition) is 4. The van der Waals surface area contributed by atoms with Gasteiger partial charge in [-0.3, -0.25) is 14.2 Å². The fraction of sp³-hybridized carbons (Fsp3) is 0.318. The average Bonchev–Trinajstić information content (AvgIpc) is 2.71. The van der Waals surface area contributed by atoms with Crippen LogP contribution in [-0.2, 0) is 11.3 Å². The Kier molecular flexibility index (Phi) is 6.69. The summed E-state index contributed by atoms with van der Waals surface area (Å²) in [4.78, 5) is 30.2. The van der Waals surface area contributed by atoms with E-state index in [0.29, 0.717) is 22.6 Å². The van der Waals surface area contributed by atoms with Crippen molar-refractivity contribution in [2.24, 2.45) is 0 Å². The number of fused-ring (bicyclic) bond motifs is 1. The van der Waals surface area contributed by atoms with Crippen molar-refractivity contribution in [2.75, 3.05) is 0 Å². The van der Waals surface area contributed by atoms with Gasteiger partial charge in [-0.1, -0.05) is 43.0 Å². The molecule has 0 aliphatic rings. The van der Waals surface area contributed by atoms with Gasteiger partial charge < -0.3 is 5.32 Å². The van der Waals surface area contributed by atoms with Gasteiger partial charge >= 0.3 is 0 Å². The Morgan fingerprint density at radius 2 is 1.86 bits per heavy atom. The topological polar surface area (TPSA) is 64.0 Å². The molecular weight excluding hydrogens is 389 g/mol. The quantitative estimate of drug-likeness (QED) is 0.463. The van der Waals surface area contributed by atoms with Gasteiger partial charge in [0.15, 0.2) is 5.16 Å². The smallest absolute Gasteiger partial charge is 0.262 e.